The van der Waals surface area contributed by atoms with Crippen LogP contribution in [0, 0.1) is 0 Å². The summed E-state index contributed by atoms with van der Waals surface area (Å²) in [5.41, 5.74) is 0. The maximum absolute atomic E-state index is 11.6. The Morgan fingerprint density at radius 1 is 1.24 bits per heavy atom. The number of amides is 1. The topological polar surface area (TPSA) is 58.6 Å². The summed E-state index contributed by atoms with van der Waals surface area (Å²) in [5, 5.41) is 2.95. The number of carbonyl (C=O) groups excluding carboxylic acids is 2. The van der Waals surface area contributed by atoms with E-state index in [1.54, 1.807) is 17.9 Å². The third kappa shape index (κ3) is 7.52. The largest absolute Gasteiger partial charge is 0.463 e. The SMILES string of the molecule is CCOC(=O)/C=C/CNCC(=O)N(CC)CC. The number of hydrogen-bond donors (Lipinski definition) is 1. The highest BCUT2D eigenvalue weighted by Crippen LogP contribution is 1.87. The summed E-state index contributed by atoms with van der Waals surface area (Å²) >= 11 is 0. The lowest BCUT2D eigenvalue weighted by atomic mass is 10.4. The first kappa shape index (κ1) is 15.6. The Kier molecular flexibility index (Phi) is 9.05. The molecule has 0 radical (unpaired) electrons. The van der Waals surface area contributed by atoms with E-state index in [1.807, 2.05) is 13.8 Å². The van der Waals surface area contributed by atoms with Crippen LogP contribution in [0.1, 0.15) is 20.8 Å². The zero-order valence-corrected chi connectivity index (χ0v) is 10.9. The molecule has 0 aliphatic carbocycles. The van der Waals surface area contributed by atoms with Gasteiger partial charge in [0.2, 0.25) is 5.91 Å². The van der Waals surface area contributed by atoms with Gasteiger partial charge in [-0.1, -0.05) is 6.08 Å². The van der Waals surface area contributed by atoms with Gasteiger partial charge in [0, 0.05) is 25.7 Å². The summed E-state index contributed by atoms with van der Waals surface area (Å²) < 4.78 is 4.71. The van der Waals surface area contributed by atoms with E-state index in [2.05, 4.69) is 5.32 Å². The number of nitrogens with one attached hydrogen (secondary N) is 1. The first-order valence-electron chi connectivity index (χ1n) is 5.97. The Balaban J connectivity index is 3.70. The highest BCUT2D eigenvalue weighted by molar-refractivity contribution is 5.82. The molecule has 17 heavy (non-hydrogen) atoms. The van der Waals surface area contributed by atoms with Crippen LogP contribution in [-0.2, 0) is 14.3 Å². The molecule has 0 aromatic carbocycles. The summed E-state index contributed by atoms with van der Waals surface area (Å²) in [6, 6.07) is 0. The van der Waals surface area contributed by atoms with Crippen molar-refractivity contribution in [2.24, 2.45) is 0 Å². The zero-order valence-electron chi connectivity index (χ0n) is 10.9. The van der Waals surface area contributed by atoms with Gasteiger partial charge in [0.15, 0.2) is 0 Å². The van der Waals surface area contributed by atoms with Crippen molar-refractivity contribution in [2.75, 3.05) is 32.8 Å². The lowest BCUT2D eigenvalue weighted by Gasteiger charge is -2.18. The lowest BCUT2D eigenvalue weighted by molar-refractivity contribution is -0.137. The summed E-state index contributed by atoms with van der Waals surface area (Å²) in [6.45, 7) is 8.22. The highest BCUT2D eigenvalue weighted by atomic mass is 16.5. The van der Waals surface area contributed by atoms with Crippen molar-refractivity contribution in [1.29, 1.82) is 0 Å². The van der Waals surface area contributed by atoms with Crippen molar-refractivity contribution < 1.29 is 14.3 Å². The van der Waals surface area contributed by atoms with Crippen LogP contribution in [0.3, 0.4) is 0 Å². The van der Waals surface area contributed by atoms with Gasteiger partial charge in [-0.25, -0.2) is 4.79 Å². The van der Waals surface area contributed by atoms with Crippen LogP contribution in [0.25, 0.3) is 0 Å². The molecule has 0 bridgehead atoms. The molecule has 0 heterocycles. The van der Waals surface area contributed by atoms with Gasteiger partial charge in [-0.05, 0) is 20.8 Å². The number of likely N-dealkylation sites (N-methyl/N-ethyl adjacent to an activating group) is 1. The third-order valence-electron chi connectivity index (χ3n) is 2.20. The quantitative estimate of drug-likeness (QED) is 0.384. The minimum atomic E-state index is -0.357. The maximum atomic E-state index is 11.6. The van der Waals surface area contributed by atoms with Gasteiger partial charge >= 0.3 is 5.97 Å². The van der Waals surface area contributed by atoms with Gasteiger partial charge in [-0.3, -0.25) is 4.79 Å². The van der Waals surface area contributed by atoms with E-state index >= 15 is 0 Å². The molecular weight excluding hydrogens is 220 g/mol. The molecule has 1 amide bonds. The average Bonchev–Trinajstić information content (AvgIpc) is 2.30. The van der Waals surface area contributed by atoms with Gasteiger partial charge in [0.25, 0.3) is 0 Å². The molecule has 0 rings (SSSR count). The molecule has 0 aliphatic rings. The summed E-state index contributed by atoms with van der Waals surface area (Å²) in [4.78, 5) is 24.2. The van der Waals surface area contributed by atoms with Gasteiger partial charge < -0.3 is 15.0 Å². The van der Waals surface area contributed by atoms with E-state index in [0.717, 1.165) is 13.1 Å². The van der Waals surface area contributed by atoms with Crippen LogP contribution in [0.4, 0.5) is 0 Å². The van der Waals surface area contributed by atoms with Gasteiger partial charge in [-0.2, -0.15) is 0 Å². The highest BCUT2D eigenvalue weighted by Gasteiger charge is 2.07. The Morgan fingerprint density at radius 2 is 1.88 bits per heavy atom. The van der Waals surface area contributed by atoms with Crippen molar-refractivity contribution in [1.82, 2.24) is 10.2 Å². The third-order valence-corrected chi connectivity index (χ3v) is 2.20. The monoisotopic (exact) mass is 242 g/mol. The number of nitrogens with zero attached hydrogens (tertiary/aromatic N) is 1. The van der Waals surface area contributed by atoms with Gasteiger partial charge in [0.05, 0.1) is 13.2 Å². The van der Waals surface area contributed by atoms with E-state index in [0.29, 0.717) is 13.2 Å². The summed E-state index contributed by atoms with van der Waals surface area (Å²) in [7, 11) is 0. The molecule has 0 aliphatic heterocycles. The Labute approximate surface area is 103 Å². The molecular formula is C12H22N2O3. The van der Waals surface area contributed by atoms with Crippen molar-refractivity contribution in [3.05, 3.63) is 12.2 Å². The second kappa shape index (κ2) is 9.84. The summed E-state index contributed by atoms with van der Waals surface area (Å²) in [6.07, 6.45) is 3.01. The minimum Gasteiger partial charge on any atom is -0.463 e. The number of esters is 1. The van der Waals surface area contributed by atoms with Gasteiger partial charge in [0.1, 0.15) is 0 Å². The second-order valence-electron chi connectivity index (χ2n) is 3.35. The molecule has 0 spiro atoms. The first-order valence-corrected chi connectivity index (χ1v) is 5.97. The summed E-state index contributed by atoms with van der Waals surface area (Å²) in [5.74, 6) is -0.288. The zero-order chi connectivity index (χ0) is 13.1. The van der Waals surface area contributed by atoms with Crippen LogP contribution in [0.2, 0.25) is 0 Å². The minimum absolute atomic E-state index is 0.0690. The number of carbonyl (C=O) groups is 2. The Hall–Kier alpha value is -1.36. The van der Waals surface area contributed by atoms with Gasteiger partial charge in [-0.15, -0.1) is 0 Å². The average molecular weight is 242 g/mol. The van der Waals surface area contributed by atoms with E-state index in [9.17, 15) is 9.59 Å². The molecule has 1 N–H and O–H groups in total. The number of hydrogen-bond acceptors (Lipinski definition) is 4. The molecule has 0 saturated carbocycles. The van der Waals surface area contributed by atoms with Crippen LogP contribution in [-0.4, -0.2) is 49.6 Å². The Bertz CT molecular complexity index is 260. The Morgan fingerprint density at radius 3 is 2.41 bits per heavy atom. The van der Waals surface area contributed by atoms with E-state index < -0.39 is 0 Å². The normalized spacial score (nSPS) is 10.5. The fourth-order valence-electron chi connectivity index (χ4n) is 1.30. The smallest absolute Gasteiger partial charge is 0.330 e. The van der Waals surface area contributed by atoms with Crippen LogP contribution in [0.15, 0.2) is 12.2 Å². The standard InChI is InChI=1S/C12H22N2O3/c1-4-14(5-2)11(15)10-13-9-7-8-12(16)17-6-3/h7-8,13H,4-6,9-10H2,1-3H3/b8-7+. The fraction of sp³-hybridized carbons (Fsp3) is 0.667. The molecule has 5 nitrogen and oxygen atoms in total. The van der Waals surface area contributed by atoms with E-state index in [-0.39, 0.29) is 18.4 Å². The van der Waals surface area contributed by atoms with Crippen molar-refractivity contribution in [3.63, 3.8) is 0 Å². The van der Waals surface area contributed by atoms with E-state index in [4.69, 9.17) is 4.74 Å². The van der Waals surface area contributed by atoms with Crippen LogP contribution < -0.4 is 5.32 Å². The molecule has 0 aromatic rings. The molecule has 0 unspecified atom stereocenters. The molecule has 0 atom stereocenters. The second-order valence-corrected chi connectivity index (χ2v) is 3.35. The maximum Gasteiger partial charge on any atom is 0.330 e. The predicted octanol–water partition coefficient (Wildman–Crippen LogP) is 0.564. The van der Waals surface area contributed by atoms with Crippen LogP contribution in [0.5, 0.6) is 0 Å². The molecule has 0 fully saturated rings. The fourth-order valence-corrected chi connectivity index (χ4v) is 1.30. The van der Waals surface area contributed by atoms with Crippen molar-refractivity contribution in [3.8, 4) is 0 Å². The van der Waals surface area contributed by atoms with Crippen LogP contribution >= 0.6 is 0 Å². The lowest BCUT2D eigenvalue weighted by Crippen LogP contribution is -2.37. The number of rotatable bonds is 8. The number of ether oxygens (including phenoxy) is 1. The molecule has 0 aromatic heterocycles. The molecule has 5 heteroatoms. The van der Waals surface area contributed by atoms with Crippen molar-refractivity contribution >= 4 is 11.9 Å². The van der Waals surface area contributed by atoms with E-state index in [1.165, 1.54) is 6.08 Å². The predicted molar refractivity (Wildman–Crippen MR) is 66.6 cm³/mol. The molecule has 98 valence electrons. The first-order chi connectivity index (χ1) is 8.15. The van der Waals surface area contributed by atoms with Crippen molar-refractivity contribution in [2.45, 2.75) is 20.8 Å². The molecule has 0 saturated heterocycles.